The summed E-state index contributed by atoms with van der Waals surface area (Å²) in [7, 11) is 0. The molecule has 0 bridgehead atoms. The molecule has 0 aliphatic carbocycles. The van der Waals surface area contributed by atoms with E-state index in [0.717, 1.165) is 47.8 Å². The van der Waals surface area contributed by atoms with Crippen LogP contribution in [0.15, 0.2) is 30.9 Å². The lowest BCUT2D eigenvalue weighted by atomic mass is 10.0. The molecule has 0 fully saturated rings. The average molecular weight is 286 g/mol. The quantitative estimate of drug-likeness (QED) is 0.499. The Morgan fingerprint density at radius 2 is 2.00 bits per heavy atom. The molecular formula is C15H21Cl2N. The van der Waals surface area contributed by atoms with Crippen LogP contribution in [0.2, 0.25) is 10.0 Å². The molecule has 1 N–H and O–H groups in total. The van der Waals surface area contributed by atoms with Gasteiger partial charge in [-0.15, -0.1) is 6.58 Å². The summed E-state index contributed by atoms with van der Waals surface area (Å²) in [4.78, 5) is 0. The van der Waals surface area contributed by atoms with Crippen LogP contribution in [0.5, 0.6) is 0 Å². The van der Waals surface area contributed by atoms with Crippen LogP contribution < -0.4 is 5.32 Å². The number of unbranched alkanes of at least 4 members (excludes halogenated alkanes) is 1. The number of hydrogen-bond acceptors (Lipinski definition) is 1. The number of halogens is 2. The first-order valence-electron chi connectivity index (χ1n) is 6.48. The summed E-state index contributed by atoms with van der Waals surface area (Å²) in [6.07, 6.45) is 6.18. The zero-order valence-corrected chi connectivity index (χ0v) is 12.4. The third kappa shape index (κ3) is 4.64. The summed E-state index contributed by atoms with van der Waals surface area (Å²) in [6, 6.07) is 5.91. The maximum absolute atomic E-state index is 6.27. The Morgan fingerprint density at radius 1 is 1.33 bits per heavy atom. The number of rotatable bonds is 8. The molecule has 0 amide bonds. The van der Waals surface area contributed by atoms with E-state index in [0.29, 0.717) is 0 Å². The molecule has 18 heavy (non-hydrogen) atoms. The Balaban J connectivity index is 2.82. The topological polar surface area (TPSA) is 12.0 Å². The molecule has 1 aromatic carbocycles. The highest BCUT2D eigenvalue weighted by Crippen LogP contribution is 2.32. The van der Waals surface area contributed by atoms with Crippen molar-refractivity contribution in [3.05, 3.63) is 46.5 Å². The van der Waals surface area contributed by atoms with Gasteiger partial charge in [-0.25, -0.2) is 0 Å². The smallest absolute Gasteiger partial charge is 0.0468 e. The standard InChI is InChI=1S/C15H21Cl2N/c1-3-5-6-10-14(18-11-4-2)15-12(16)8-7-9-13(15)17/h3,7-9,14,18H,1,4-6,10-11H2,2H3. The summed E-state index contributed by atoms with van der Waals surface area (Å²) in [5.41, 5.74) is 1.03. The monoisotopic (exact) mass is 285 g/mol. The molecule has 100 valence electrons. The molecule has 0 spiro atoms. The minimum atomic E-state index is 0.228. The summed E-state index contributed by atoms with van der Waals surface area (Å²) in [6.45, 7) is 6.88. The number of hydrogen-bond donors (Lipinski definition) is 1. The Hall–Kier alpha value is -0.500. The zero-order valence-electron chi connectivity index (χ0n) is 10.9. The third-order valence-electron chi connectivity index (χ3n) is 2.89. The van der Waals surface area contributed by atoms with Gasteiger partial charge in [-0.2, -0.15) is 0 Å². The van der Waals surface area contributed by atoms with E-state index < -0.39 is 0 Å². The predicted octanol–water partition coefficient (Wildman–Crippen LogP) is 5.39. The van der Waals surface area contributed by atoms with Gasteiger partial charge in [-0.3, -0.25) is 0 Å². The number of benzene rings is 1. The van der Waals surface area contributed by atoms with E-state index in [-0.39, 0.29) is 6.04 Å². The minimum Gasteiger partial charge on any atom is -0.310 e. The van der Waals surface area contributed by atoms with Crippen LogP contribution in [0.4, 0.5) is 0 Å². The molecule has 0 saturated heterocycles. The maximum atomic E-state index is 6.27. The maximum Gasteiger partial charge on any atom is 0.0468 e. The molecule has 0 heterocycles. The van der Waals surface area contributed by atoms with Crippen LogP contribution in [-0.2, 0) is 0 Å². The van der Waals surface area contributed by atoms with E-state index in [9.17, 15) is 0 Å². The second kappa shape index (κ2) is 8.58. The van der Waals surface area contributed by atoms with Gasteiger partial charge in [0.15, 0.2) is 0 Å². The molecule has 3 heteroatoms. The Morgan fingerprint density at radius 3 is 2.56 bits per heavy atom. The lowest BCUT2D eigenvalue weighted by Crippen LogP contribution is -2.22. The van der Waals surface area contributed by atoms with Crippen molar-refractivity contribution in [1.29, 1.82) is 0 Å². The first kappa shape index (κ1) is 15.6. The number of allylic oxidation sites excluding steroid dienone is 1. The van der Waals surface area contributed by atoms with E-state index in [4.69, 9.17) is 23.2 Å². The molecule has 1 rings (SSSR count). The SMILES string of the molecule is C=CCCCC(NCCC)c1c(Cl)cccc1Cl. The van der Waals surface area contributed by atoms with Gasteiger partial charge >= 0.3 is 0 Å². The summed E-state index contributed by atoms with van der Waals surface area (Å²) in [5.74, 6) is 0. The molecule has 1 unspecified atom stereocenters. The van der Waals surface area contributed by atoms with Crippen LogP contribution in [-0.4, -0.2) is 6.54 Å². The van der Waals surface area contributed by atoms with Crippen molar-refractivity contribution in [3.8, 4) is 0 Å². The lowest BCUT2D eigenvalue weighted by molar-refractivity contribution is 0.486. The van der Waals surface area contributed by atoms with Crippen LogP contribution >= 0.6 is 23.2 Å². The molecule has 0 aliphatic heterocycles. The van der Waals surface area contributed by atoms with E-state index in [1.807, 2.05) is 24.3 Å². The van der Waals surface area contributed by atoms with Gasteiger partial charge in [0.25, 0.3) is 0 Å². The Kier molecular flexibility index (Phi) is 7.41. The second-order valence-electron chi connectivity index (χ2n) is 4.36. The molecule has 1 nitrogen and oxygen atoms in total. The highest BCUT2D eigenvalue weighted by Gasteiger charge is 2.16. The zero-order chi connectivity index (χ0) is 13.4. The fourth-order valence-electron chi connectivity index (χ4n) is 1.98. The van der Waals surface area contributed by atoms with Crippen molar-refractivity contribution in [3.63, 3.8) is 0 Å². The van der Waals surface area contributed by atoms with Crippen molar-refractivity contribution >= 4 is 23.2 Å². The summed E-state index contributed by atoms with van der Waals surface area (Å²) >= 11 is 12.5. The molecule has 1 atom stereocenters. The van der Waals surface area contributed by atoms with E-state index in [1.54, 1.807) is 0 Å². The molecule has 0 aromatic heterocycles. The second-order valence-corrected chi connectivity index (χ2v) is 5.18. The average Bonchev–Trinajstić information content (AvgIpc) is 2.35. The van der Waals surface area contributed by atoms with E-state index in [2.05, 4.69) is 18.8 Å². The van der Waals surface area contributed by atoms with Crippen LogP contribution in [0, 0.1) is 0 Å². The summed E-state index contributed by atoms with van der Waals surface area (Å²) < 4.78 is 0. The van der Waals surface area contributed by atoms with Crippen molar-refractivity contribution in [2.45, 2.75) is 38.6 Å². The van der Waals surface area contributed by atoms with Crippen molar-refractivity contribution < 1.29 is 0 Å². The van der Waals surface area contributed by atoms with Gasteiger partial charge in [0.05, 0.1) is 0 Å². The van der Waals surface area contributed by atoms with E-state index >= 15 is 0 Å². The fraction of sp³-hybridized carbons (Fsp3) is 0.467. The third-order valence-corrected chi connectivity index (χ3v) is 3.55. The highest BCUT2D eigenvalue weighted by molar-refractivity contribution is 6.36. The van der Waals surface area contributed by atoms with Gasteiger partial charge in [0.2, 0.25) is 0 Å². The predicted molar refractivity (Wildman–Crippen MR) is 81.5 cm³/mol. The van der Waals surface area contributed by atoms with Crippen molar-refractivity contribution in [2.75, 3.05) is 6.54 Å². The molecule has 0 saturated carbocycles. The van der Waals surface area contributed by atoms with Gasteiger partial charge in [0.1, 0.15) is 0 Å². The number of nitrogens with one attached hydrogen (secondary N) is 1. The van der Waals surface area contributed by atoms with Crippen LogP contribution in [0.25, 0.3) is 0 Å². The molecule has 0 aliphatic rings. The van der Waals surface area contributed by atoms with Gasteiger partial charge in [-0.05, 0) is 44.4 Å². The fourth-order valence-corrected chi connectivity index (χ4v) is 2.64. The highest BCUT2D eigenvalue weighted by atomic mass is 35.5. The van der Waals surface area contributed by atoms with E-state index in [1.165, 1.54) is 0 Å². The van der Waals surface area contributed by atoms with Crippen molar-refractivity contribution in [2.24, 2.45) is 0 Å². The Labute approximate surface area is 120 Å². The normalized spacial score (nSPS) is 12.4. The largest absolute Gasteiger partial charge is 0.310 e. The first-order valence-corrected chi connectivity index (χ1v) is 7.24. The van der Waals surface area contributed by atoms with Crippen molar-refractivity contribution in [1.82, 2.24) is 5.32 Å². The van der Waals surface area contributed by atoms with Gasteiger partial charge in [0, 0.05) is 21.7 Å². The lowest BCUT2D eigenvalue weighted by Gasteiger charge is -2.21. The van der Waals surface area contributed by atoms with Crippen LogP contribution in [0.3, 0.4) is 0 Å². The minimum absolute atomic E-state index is 0.228. The van der Waals surface area contributed by atoms with Gasteiger partial charge < -0.3 is 5.32 Å². The Bertz CT molecular complexity index is 357. The molecule has 1 aromatic rings. The molecular weight excluding hydrogens is 265 g/mol. The van der Waals surface area contributed by atoms with Crippen LogP contribution in [0.1, 0.15) is 44.2 Å². The van der Waals surface area contributed by atoms with Gasteiger partial charge in [-0.1, -0.05) is 42.3 Å². The first-order chi connectivity index (χ1) is 8.70. The summed E-state index contributed by atoms with van der Waals surface area (Å²) in [5, 5.41) is 5.01. The molecule has 0 radical (unpaired) electrons.